The molecule has 20 heavy (non-hydrogen) atoms. The number of amides is 1. The van der Waals surface area contributed by atoms with Gasteiger partial charge in [-0.2, -0.15) is 0 Å². The van der Waals surface area contributed by atoms with Crippen LogP contribution in [0.2, 0.25) is 0 Å². The number of aromatic nitrogens is 3. The van der Waals surface area contributed by atoms with E-state index >= 15 is 0 Å². The van der Waals surface area contributed by atoms with Crippen molar-refractivity contribution < 1.29 is 14.7 Å². The molecule has 7 nitrogen and oxygen atoms in total. The van der Waals surface area contributed by atoms with Gasteiger partial charge < -0.3 is 10.0 Å². The van der Waals surface area contributed by atoms with E-state index in [1.165, 1.54) is 0 Å². The summed E-state index contributed by atoms with van der Waals surface area (Å²) in [5, 5.41) is 17.0. The molecule has 1 unspecified atom stereocenters. The number of nitrogens with zero attached hydrogens (tertiary/aromatic N) is 4. The second-order valence-electron chi connectivity index (χ2n) is 5.15. The molecule has 2 heterocycles. The highest BCUT2D eigenvalue weighted by Gasteiger charge is 2.48. The van der Waals surface area contributed by atoms with Crippen molar-refractivity contribution >= 4 is 11.9 Å². The monoisotopic (exact) mass is 280 g/mol. The Kier molecular flexibility index (Phi) is 4.36. The third-order valence-corrected chi connectivity index (χ3v) is 3.88. The van der Waals surface area contributed by atoms with Gasteiger partial charge in [0.15, 0.2) is 0 Å². The number of hydrogen-bond acceptors (Lipinski definition) is 4. The molecule has 1 aliphatic rings. The third-order valence-electron chi connectivity index (χ3n) is 3.88. The molecule has 1 aromatic heterocycles. The zero-order valence-electron chi connectivity index (χ0n) is 11.7. The molecule has 1 aliphatic heterocycles. The first kappa shape index (κ1) is 14.5. The molecule has 0 bridgehead atoms. The lowest BCUT2D eigenvalue weighted by molar-refractivity contribution is -0.157. The first-order valence-electron chi connectivity index (χ1n) is 6.98. The van der Waals surface area contributed by atoms with Crippen molar-refractivity contribution in [3.63, 3.8) is 0 Å². The molecule has 0 aromatic carbocycles. The summed E-state index contributed by atoms with van der Waals surface area (Å²) in [4.78, 5) is 25.5. The minimum Gasteiger partial charge on any atom is -0.479 e. The molecule has 0 aliphatic carbocycles. The summed E-state index contributed by atoms with van der Waals surface area (Å²) in [6, 6.07) is 0. The van der Waals surface area contributed by atoms with E-state index in [4.69, 9.17) is 0 Å². The predicted molar refractivity (Wildman–Crippen MR) is 70.9 cm³/mol. The Morgan fingerprint density at radius 3 is 2.85 bits per heavy atom. The highest BCUT2D eigenvalue weighted by molar-refractivity contribution is 5.87. The van der Waals surface area contributed by atoms with Crippen LogP contribution in [0.1, 0.15) is 39.0 Å². The normalized spacial score (nSPS) is 22.1. The van der Waals surface area contributed by atoms with Crippen molar-refractivity contribution in [2.45, 2.75) is 51.1 Å². The summed E-state index contributed by atoms with van der Waals surface area (Å²) in [6.07, 6.45) is 6.05. The number of carbonyl (C=O) groups is 2. The topological polar surface area (TPSA) is 88.3 Å². The number of aryl methyl sites for hydroxylation is 1. The van der Waals surface area contributed by atoms with Gasteiger partial charge in [0.1, 0.15) is 5.54 Å². The van der Waals surface area contributed by atoms with Crippen LogP contribution in [0, 0.1) is 0 Å². The fourth-order valence-corrected chi connectivity index (χ4v) is 2.94. The number of rotatable bonds is 6. The summed E-state index contributed by atoms with van der Waals surface area (Å²) in [5.41, 5.74) is -1.01. The van der Waals surface area contributed by atoms with Crippen LogP contribution in [0.3, 0.4) is 0 Å². The van der Waals surface area contributed by atoms with Gasteiger partial charge in [-0.15, -0.1) is 5.10 Å². The van der Waals surface area contributed by atoms with Gasteiger partial charge in [0, 0.05) is 19.2 Å². The zero-order chi connectivity index (χ0) is 14.6. The minimum absolute atomic E-state index is 0.117. The number of hydrogen-bond donors (Lipinski definition) is 1. The van der Waals surface area contributed by atoms with Crippen LogP contribution < -0.4 is 0 Å². The molecule has 1 aromatic rings. The van der Waals surface area contributed by atoms with Gasteiger partial charge in [0.2, 0.25) is 5.91 Å². The van der Waals surface area contributed by atoms with Gasteiger partial charge in [0.25, 0.3) is 0 Å². The van der Waals surface area contributed by atoms with Crippen molar-refractivity contribution in [2.24, 2.45) is 0 Å². The lowest BCUT2D eigenvalue weighted by Gasteiger charge is -2.34. The molecule has 1 saturated heterocycles. The maximum atomic E-state index is 12.3. The fraction of sp³-hybridized carbons (Fsp3) is 0.692. The molecule has 1 fully saturated rings. The van der Waals surface area contributed by atoms with Crippen molar-refractivity contribution in [3.05, 3.63) is 12.4 Å². The Bertz CT molecular complexity index is 474. The van der Waals surface area contributed by atoms with Gasteiger partial charge in [-0.3, -0.25) is 9.48 Å². The van der Waals surface area contributed by atoms with Crippen molar-refractivity contribution in [3.8, 4) is 0 Å². The van der Waals surface area contributed by atoms with E-state index < -0.39 is 11.5 Å². The van der Waals surface area contributed by atoms with Gasteiger partial charge in [-0.1, -0.05) is 18.6 Å². The van der Waals surface area contributed by atoms with Crippen LogP contribution in [0.25, 0.3) is 0 Å². The van der Waals surface area contributed by atoms with Crippen LogP contribution >= 0.6 is 0 Å². The lowest BCUT2D eigenvalue weighted by atomic mass is 9.90. The average molecular weight is 280 g/mol. The van der Waals surface area contributed by atoms with E-state index in [2.05, 4.69) is 10.3 Å². The fourth-order valence-electron chi connectivity index (χ4n) is 2.94. The highest BCUT2D eigenvalue weighted by Crippen LogP contribution is 2.34. The largest absolute Gasteiger partial charge is 0.479 e. The van der Waals surface area contributed by atoms with Gasteiger partial charge >= 0.3 is 5.97 Å². The molecule has 7 heteroatoms. The van der Waals surface area contributed by atoms with Gasteiger partial charge in [-0.05, 0) is 19.3 Å². The van der Waals surface area contributed by atoms with Gasteiger partial charge in [0.05, 0.1) is 12.7 Å². The number of carbonyl (C=O) groups excluding carboxylic acids is 1. The summed E-state index contributed by atoms with van der Waals surface area (Å²) >= 11 is 0. The smallest absolute Gasteiger partial charge is 0.329 e. The lowest BCUT2D eigenvalue weighted by Crippen LogP contribution is -2.53. The van der Waals surface area contributed by atoms with E-state index in [0.717, 1.165) is 12.8 Å². The van der Waals surface area contributed by atoms with E-state index in [1.54, 1.807) is 22.0 Å². The van der Waals surface area contributed by atoms with E-state index in [0.29, 0.717) is 25.9 Å². The minimum atomic E-state index is -1.01. The maximum Gasteiger partial charge on any atom is 0.329 e. The molecule has 2 rings (SSSR count). The van der Waals surface area contributed by atoms with Crippen LogP contribution in [0.5, 0.6) is 0 Å². The Morgan fingerprint density at radius 1 is 1.45 bits per heavy atom. The Balaban J connectivity index is 2.05. The number of aliphatic carboxylic acids is 1. The van der Waals surface area contributed by atoms with E-state index in [1.807, 2.05) is 6.92 Å². The standard InChI is InChI=1S/C13H20N4O3/c1-2-5-13(12(19)20)6-3-8-17(13)11(18)4-9-16-10-7-14-15-16/h7,10H,2-6,8-9H2,1H3,(H,19,20). The molecule has 1 atom stereocenters. The van der Waals surface area contributed by atoms with Crippen LogP contribution in [-0.2, 0) is 16.1 Å². The molecule has 0 saturated carbocycles. The first-order chi connectivity index (χ1) is 9.60. The second kappa shape index (κ2) is 6.02. The molecule has 1 N–H and O–H groups in total. The molecule has 110 valence electrons. The first-order valence-corrected chi connectivity index (χ1v) is 6.98. The predicted octanol–water partition coefficient (Wildman–Crippen LogP) is 0.914. The SMILES string of the molecule is CCCC1(C(=O)O)CCCN1C(=O)CCn1ccnn1. The molecule has 0 radical (unpaired) electrons. The highest BCUT2D eigenvalue weighted by atomic mass is 16.4. The van der Waals surface area contributed by atoms with Crippen molar-refractivity contribution in [1.82, 2.24) is 19.9 Å². The molecular formula is C13H20N4O3. The Hall–Kier alpha value is -1.92. The summed E-state index contributed by atoms with van der Waals surface area (Å²) in [7, 11) is 0. The molecule has 0 spiro atoms. The Labute approximate surface area is 117 Å². The van der Waals surface area contributed by atoms with Crippen LogP contribution in [-0.4, -0.2) is 49.0 Å². The number of carboxylic acid groups (broad SMARTS) is 1. The summed E-state index contributed by atoms with van der Waals surface area (Å²) in [6.45, 7) is 2.90. The summed E-state index contributed by atoms with van der Waals surface area (Å²) < 4.78 is 1.58. The molecule has 1 amide bonds. The van der Waals surface area contributed by atoms with Crippen molar-refractivity contribution in [1.29, 1.82) is 0 Å². The quantitative estimate of drug-likeness (QED) is 0.837. The van der Waals surface area contributed by atoms with Crippen LogP contribution in [0.15, 0.2) is 12.4 Å². The second-order valence-corrected chi connectivity index (χ2v) is 5.15. The van der Waals surface area contributed by atoms with E-state index in [9.17, 15) is 14.7 Å². The average Bonchev–Trinajstić information content (AvgIpc) is 3.06. The van der Waals surface area contributed by atoms with Gasteiger partial charge in [-0.25, -0.2) is 4.79 Å². The van der Waals surface area contributed by atoms with Crippen molar-refractivity contribution in [2.75, 3.05) is 6.54 Å². The van der Waals surface area contributed by atoms with Crippen LogP contribution in [0.4, 0.5) is 0 Å². The zero-order valence-corrected chi connectivity index (χ0v) is 11.7. The number of likely N-dealkylation sites (tertiary alicyclic amines) is 1. The number of carboxylic acids is 1. The maximum absolute atomic E-state index is 12.3. The summed E-state index contributed by atoms with van der Waals surface area (Å²) in [5.74, 6) is -1.00. The third kappa shape index (κ3) is 2.66. The van der Waals surface area contributed by atoms with E-state index in [-0.39, 0.29) is 12.3 Å². The molecular weight excluding hydrogens is 260 g/mol. The Morgan fingerprint density at radius 2 is 2.25 bits per heavy atom.